The Morgan fingerprint density at radius 3 is 2.52 bits per heavy atom. The highest BCUT2D eigenvalue weighted by atomic mass is 16.5. The molecular formula is C18H29NO2. The number of rotatable bonds is 7. The summed E-state index contributed by atoms with van der Waals surface area (Å²) in [4.78, 5) is 0. The van der Waals surface area contributed by atoms with Crippen molar-refractivity contribution in [1.29, 1.82) is 0 Å². The molecule has 1 aromatic carbocycles. The predicted molar refractivity (Wildman–Crippen MR) is 86.9 cm³/mol. The van der Waals surface area contributed by atoms with Gasteiger partial charge in [0.25, 0.3) is 0 Å². The maximum Gasteiger partial charge on any atom is 0.124 e. The van der Waals surface area contributed by atoms with Gasteiger partial charge in [-0.2, -0.15) is 0 Å². The third-order valence-electron chi connectivity index (χ3n) is 4.22. The highest BCUT2D eigenvalue weighted by Crippen LogP contribution is 2.31. The number of hydrogen-bond acceptors (Lipinski definition) is 3. The SMILES string of the molecule is CCNCC(OC1CCCCCC1)c1ccccc1OC. The van der Waals surface area contributed by atoms with Crippen molar-refractivity contribution in [3.63, 3.8) is 0 Å². The van der Waals surface area contributed by atoms with Crippen LogP contribution in [0.25, 0.3) is 0 Å². The summed E-state index contributed by atoms with van der Waals surface area (Å²) in [6.07, 6.45) is 8.15. The molecule has 118 valence electrons. The number of likely N-dealkylation sites (N-methyl/N-ethyl adjacent to an activating group) is 1. The first-order valence-corrected chi connectivity index (χ1v) is 8.34. The van der Waals surface area contributed by atoms with Crippen molar-refractivity contribution in [2.75, 3.05) is 20.2 Å². The van der Waals surface area contributed by atoms with E-state index in [9.17, 15) is 0 Å². The van der Waals surface area contributed by atoms with E-state index in [4.69, 9.17) is 9.47 Å². The van der Waals surface area contributed by atoms with Crippen molar-refractivity contribution < 1.29 is 9.47 Å². The lowest BCUT2D eigenvalue weighted by Crippen LogP contribution is -2.27. The van der Waals surface area contributed by atoms with Gasteiger partial charge in [0.15, 0.2) is 0 Å². The molecular weight excluding hydrogens is 262 g/mol. The van der Waals surface area contributed by atoms with Crippen LogP contribution >= 0.6 is 0 Å². The lowest BCUT2D eigenvalue weighted by molar-refractivity contribution is -0.0208. The van der Waals surface area contributed by atoms with Crippen molar-refractivity contribution in [2.45, 2.75) is 57.7 Å². The number of nitrogens with one attached hydrogen (secondary N) is 1. The predicted octanol–water partition coefficient (Wildman–Crippen LogP) is 4.09. The van der Waals surface area contributed by atoms with Crippen molar-refractivity contribution in [3.8, 4) is 5.75 Å². The molecule has 0 radical (unpaired) electrons. The Morgan fingerprint density at radius 2 is 1.86 bits per heavy atom. The normalized spacial score (nSPS) is 18.2. The van der Waals surface area contributed by atoms with Gasteiger partial charge >= 0.3 is 0 Å². The molecule has 0 aromatic heterocycles. The highest BCUT2D eigenvalue weighted by molar-refractivity contribution is 5.35. The molecule has 0 spiro atoms. The van der Waals surface area contributed by atoms with Crippen LogP contribution in [0.1, 0.15) is 57.1 Å². The molecule has 3 nitrogen and oxygen atoms in total. The van der Waals surface area contributed by atoms with E-state index < -0.39 is 0 Å². The molecule has 0 amide bonds. The molecule has 0 bridgehead atoms. The second-order valence-corrected chi connectivity index (χ2v) is 5.79. The van der Waals surface area contributed by atoms with E-state index in [0.717, 1.165) is 24.4 Å². The Hall–Kier alpha value is -1.06. The first kappa shape index (κ1) is 16.3. The zero-order chi connectivity index (χ0) is 14.9. The number of benzene rings is 1. The molecule has 0 saturated heterocycles. The summed E-state index contributed by atoms with van der Waals surface area (Å²) in [7, 11) is 1.73. The van der Waals surface area contributed by atoms with Gasteiger partial charge < -0.3 is 14.8 Å². The molecule has 1 aliphatic carbocycles. The summed E-state index contributed by atoms with van der Waals surface area (Å²) in [5.41, 5.74) is 1.16. The van der Waals surface area contributed by atoms with E-state index in [0.29, 0.717) is 6.10 Å². The Kier molecular flexibility index (Phi) is 7.04. The number of methoxy groups -OCH3 is 1. The molecule has 1 unspecified atom stereocenters. The Labute approximate surface area is 129 Å². The fraction of sp³-hybridized carbons (Fsp3) is 0.667. The number of hydrogen-bond donors (Lipinski definition) is 1. The van der Waals surface area contributed by atoms with Gasteiger partial charge in [-0.25, -0.2) is 0 Å². The van der Waals surface area contributed by atoms with Crippen LogP contribution in [0, 0.1) is 0 Å². The van der Waals surface area contributed by atoms with Crippen molar-refractivity contribution in [1.82, 2.24) is 5.32 Å². The second-order valence-electron chi connectivity index (χ2n) is 5.79. The van der Waals surface area contributed by atoms with E-state index in [-0.39, 0.29) is 6.10 Å². The van der Waals surface area contributed by atoms with Crippen LogP contribution in [0.3, 0.4) is 0 Å². The average molecular weight is 291 g/mol. The molecule has 1 aliphatic rings. The number of para-hydroxylation sites is 1. The molecule has 21 heavy (non-hydrogen) atoms. The van der Waals surface area contributed by atoms with E-state index in [1.807, 2.05) is 12.1 Å². The van der Waals surface area contributed by atoms with Crippen LogP contribution in [0.5, 0.6) is 5.75 Å². The zero-order valence-corrected chi connectivity index (χ0v) is 13.4. The third-order valence-corrected chi connectivity index (χ3v) is 4.22. The third kappa shape index (κ3) is 5.01. The van der Waals surface area contributed by atoms with E-state index >= 15 is 0 Å². The zero-order valence-electron chi connectivity index (χ0n) is 13.4. The van der Waals surface area contributed by atoms with Gasteiger partial charge in [0.2, 0.25) is 0 Å². The molecule has 1 N–H and O–H groups in total. The van der Waals surface area contributed by atoms with Gasteiger partial charge in [0, 0.05) is 12.1 Å². The van der Waals surface area contributed by atoms with E-state index in [1.165, 1.54) is 38.5 Å². The first-order chi connectivity index (χ1) is 10.3. The lowest BCUT2D eigenvalue weighted by Gasteiger charge is -2.26. The van der Waals surface area contributed by atoms with Gasteiger partial charge in [-0.05, 0) is 25.5 Å². The topological polar surface area (TPSA) is 30.5 Å². The van der Waals surface area contributed by atoms with Crippen LogP contribution in [-0.4, -0.2) is 26.3 Å². The van der Waals surface area contributed by atoms with Crippen LogP contribution in [-0.2, 0) is 4.74 Å². The first-order valence-electron chi connectivity index (χ1n) is 8.34. The fourth-order valence-electron chi connectivity index (χ4n) is 3.05. The summed E-state index contributed by atoms with van der Waals surface area (Å²) in [6.45, 7) is 3.93. The van der Waals surface area contributed by atoms with Crippen LogP contribution < -0.4 is 10.1 Å². The molecule has 2 rings (SSSR count). The molecule has 1 aromatic rings. The monoisotopic (exact) mass is 291 g/mol. The molecule has 1 atom stereocenters. The van der Waals surface area contributed by atoms with Crippen molar-refractivity contribution in [3.05, 3.63) is 29.8 Å². The van der Waals surface area contributed by atoms with Crippen LogP contribution in [0.15, 0.2) is 24.3 Å². The van der Waals surface area contributed by atoms with E-state index in [2.05, 4.69) is 24.4 Å². The van der Waals surface area contributed by atoms with Crippen LogP contribution in [0.2, 0.25) is 0 Å². The van der Waals surface area contributed by atoms with Gasteiger partial charge in [-0.1, -0.05) is 50.8 Å². The quantitative estimate of drug-likeness (QED) is 0.768. The summed E-state index contributed by atoms with van der Waals surface area (Å²) in [6, 6.07) is 8.22. The van der Waals surface area contributed by atoms with Gasteiger partial charge in [0.05, 0.1) is 19.3 Å². The van der Waals surface area contributed by atoms with Gasteiger partial charge in [-0.3, -0.25) is 0 Å². The Morgan fingerprint density at radius 1 is 1.14 bits per heavy atom. The molecule has 0 heterocycles. The van der Waals surface area contributed by atoms with Crippen molar-refractivity contribution >= 4 is 0 Å². The second kappa shape index (κ2) is 9.06. The van der Waals surface area contributed by atoms with E-state index in [1.54, 1.807) is 7.11 Å². The van der Waals surface area contributed by atoms with Gasteiger partial charge in [0.1, 0.15) is 5.75 Å². The van der Waals surface area contributed by atoms with Crippen molar-refractivity contribution in [2.24, 2.45) is 0 Å². The fourth-order valence-corrected chi connectivity index (χ4v) is 3.05. The summed E-state index contributed by atoms with van der Waals surface area (Å²) < 4.78 is 12.0. The summed E-state index contributed by atoms with van der Waals surface area (Å²) in [5, 5.41) is 3.42. The molecule has 1 saturated carbocycles. The minimum absolute atomic E-state index is 0.0733. The minimum atomic E-state index is 0.0733. The average Bonchev–Trinajstić information content (AvgIpc) is 2.80. The molecule has 1 fully saturated rings. The minimum Gasteiger partial charge on any atom is -0.496 e. The lowest BCUT2D eigenvalue weighted by atomic mass is 10.1. The smallest absolute Gasteiger partial charge is 0.124 e. The van der Waals surface area contributed by atoms with Gasteiger partial charge in [-0.15, -0.1) is 0 Å². The summed E-state index contributed by atoms with van der Waals surface area (Å²) in [5.74, 6) is 0.925. The standard InChI is InChI=1S/C18H29NO2/c1-3-19-14-18(16-12-8-9-13-17(16)20-2)21-15-10-6-4-5-7-11-15/h8-9,12-13,15,18-19H,3-7,10-11,14H2,1-2H3. The highest BCUT2D eigenvalue weighted by Gasteiger charge is 2.21. The maximum absolute atomic E-state index is 6.46. The Balaban J connectivity index is 2.09. The molecule has 3 heteroatoms. The number of ether oxygens (including phenoxy) is 2. The van der Waals surface area contributed by atoms with Crippen LogP contribution in [0.4, 0.5) is 0 Å². The largest absolute Gasteiger partial charge is 0.496 e. The summed E-state index contributed by atoms with van der Waals surface area (Å²) >= 11 is 0. The Bertz CT molecular complexity index is 400. The maximum atomic E-state index is 6.46. The molecule has 0 aliphatic heterocycles.